The van der Waals surface area contributed by atoms with Gasteiger partial charge in [-0.2, -0.15) is 4.98 Å². The molecule has 0 saturated heterocycles. The van der Waals surface area contributed by atoms with E-state index < -0.39 is 4.92 Å². The molecule has 8 nitrogen and oxygen atoms in total. The van der Waals surface area contributed by atoms with Crippen molar-refractivity contribution in [1.82, 2.24) is 19.9 Å². The van der Waals surface area contributed by atoms with E-state index in [1.807, 2.05) is 0 Å². The predicted molar refractivity (Wildman–Crippen MR) is 69.1 cm³/mol. The molecule has 2 aromatic heterocycles. The molecule has 8 heteroatoms. The molecule has 0 bridgehead atoms. The summed E-state index contributed by atoms with van der Waals surface area (Å²) in [6.07, 6.45) is 2.81. The monoisotopic (exact) mass is 271 g/mol. The third-order valence-corrected chi connectivity index (χ3v) is 2.74. The van der Waals surface area contributed by atoms with Crippen molar-refractivity contribution in [2.24, 2.45) is 0 Å². The molecule has 2 heterocycles. The van der Waals surface area contributed by atoms with Gasteiger partial charge in [0.25, 0.3) is 5.69 Å². The van der Waals surface area contributed by atoms with Crippen molar-refractivity contribution in [1.29, 1.82) is 0 Å². The number of hydrogen-bond donors (Lipinski definition) is 1. The van der Waals surface area contributed by atoms with Crippen molar-refractivity contribution in [2.75, 3.05) is 0 Å². The van der Waals surface area contributed by atoms with Gasteiger partial charge in [-0.3, -0.25) is 10.1 Å². The summed E-state index contributed by atoms with van der Waals surface area (Å²) in [6, 6.07) is 6.41. The van der Waals surface area contributed by atoms with Crippen LogP contribution in [0.2, 0.25) is 0 Å². The van der Waals surface area contributed by atoms with Crippen LogP contribution in [0, 0.1) is 10.1 Å². The number of nitrogens with zero attached hydrogens (tertiary/aromatic N) is 4. The Morgan fingerprint density at radius 1 is 1.25 bits per heavy atom. The third-order valence-electron chi connectivity index (χ3n) is 2.74. The van der Waals surface area contributed by atoms with Crippen LogP contribution >= 0.6 is 0 Å². The Labute approximate surface area is 112 Å². The van der Waals surface area contributed by atoms with Crippen molar-refractivity contribution in [3.63, 3.8) is 0 Å². The largest absolute Gasteiger partial charge is 0.471 e. The number of ether oxygens (including phenoxy) is 1. The number of fused-ring (bicyclic) bond motifs is 1. The molecule has 0 radical (unpaired) electrons. The Bertz CT molecular complexity index is 770. The molecule has 0 unspecified atom stereocenters. The van der Waals surface area contributed by atoms with Crippen molar-refractivity contribution >= 4 is 16.9 Å². The number of benzene rings is 1. The van der Waals surface area contributed by atoms with Crippen molar-refractivity contribution < 1.29 is 9.66 Å². The Morgan fingerprint density at radius 3 is 2.95 bits per heavy atom. The van der Waals surface area contributed by atoms with E-state index in [2.05, 4.69) is 19.9 Å². The molecule has 1 N–H and O–H groups in total. The highest BCUT2D eigenvalue weighted by Gasteiger charge is 2.14. The minimum Gasteiger partial charge on any atom is -0.471 e. The highest BCUT2D eigenvalue weighted by atomic mass is 16.6. The molecule has 0 saturated carbocycles. The lowest BCUT2D eigenvalue weighted by atomic mass is 10.2. The molecule has 3 aromatic rings. The van der Waals surface area contributed by atoms with Crippen LogP contribution in [0.4, 0.5) is 5.69 Å². The van der Waals surface area contributed by atoms with Crippen LogP contribution < -0.4 is 4.74 Å². The van der Waals surface area contributed by atoms with Crippen LogP contribution in [0.15, 0.2) is 36.9 Å². The second-order valence-corrected chi connectivity index (χ2v) is 3.95. The summed E-state index contributed by atoms with van der Waals surface area (Å²) in [5, 5.41) is 10.9. The molecular formula is C12H9N5O3. The van der Waals surface area contributed by atoms with E-state index in [1.54, 1.807) is 18.2 Å². The quantitative estimate of drug-likeness (QED) is 0.573. The van der Waals surface area contributed by atoms with Gasteiger partial charge in [0.05, 0.1) is 16.8 Å². The maximum Gasteiger partial charge on any atom is 0.276 e. The summed E-state index contributed by atoms with van der Waals surface area (Å²) in [4.78, 5) is 25.3. The molecule has 0 atom stereocenters. The molecule has 0 spiro atoms. The van der Waals surface area contributed by atoms with E-state index in [0.29, 0.717) is 22.6 Å². The minimum atomic E-state index is -0.440. The molecular weight excluding hydrogens is 262 g/mol. The number of rotatable bonds is 4. The standard InChI is InChI=1S/C12H9N5O3/c18-17(19)9-4-2-1-3-8(9)5-20-12-10-11(14-6-13-10)15-7-16-12/h1-4,6-7H,5H2,(H,13,14,15,16). The number of hydrogen-bond acceptors (Lipinski definition) is 6. The Balaban J connectivity index is 1.87. The number of imidazole rings is 1. The zero-order valence-electron chi connectivity index (χ0n) is 10.2. The molecule has 0 fully saturated rings. The van der Waals surface area contributed by atoms with Gasteiger partial charge in [0.15, 0.2) is 5.65 Å². The predicted octanol–water partition coefficient (Wildman–Crippen LogP) is 1.84. The van der Waals surface area contributed by atoms with Gasteiger partial charge in [0.2, 0.25) is 5.88 Å². The summed E-state index contributed by atoms with van der Waals surface area (Å²) in [5.74, 6) is 0.311. The van der Waals surface area contributed by atoms with Gasteiger partial charge in [-0.1, -0.05) is 12.1 Å². The van der Waals surface area contributed by atoms with Gasteiger partial charge in [-0.05, 0) is 6.07 Å². The second-order valence-electron chi connectivity index (χ2n) is 3.95. The normalized spacial score (nSPS) is 10.6. The molecule has 20 heavy (non-hydrogen) atoms. The number of aromatic amines is 1. The number of nitro groups is 1. The van der Waals surface area contributed by atoms with Gasteiger partial charge in [-0.15, -0.1) is 0 Å². The molecule has 0 aliphatic heterocycles. The Morgan fingerprint density at radius 2 is 2.10 bits per heavy atom. The van der Waals surface area contributed by atoms with E-state index in [9.17, 15) is 10.1 Å². The van der Waals surface area contributed by atoms with E-state index in [-0.39, 0.29) is 12.3 Å². The lowest BCUT2D eigenvalue weighted by Crippen LogP contribution is -2.02. The molecule has 100 valence electrons. The Kier molecular flexibility index (Phi) is 2.96. The van der Waals surface area contributed by atoms with E-state index in [0.717, 1.165) is 0 Å². The maximum absolute atomic E-state index is 10.9. The van der Waals surface area contributed by atoms with Crippen molar-refractivity contribution in [3.8, 4) is 5.88 Å². The van der Waals surface area contributed by atoms with Crippen LogP contribution in [0.5, 0.6) is 5.88 Å². The van der Waals surface area contributed by atoms with Crippen LogP contribution in [-0.4, -0.2) is 24.9 Å². The number of para-hydroxylation sites is 1. The fourth-order valence-electron chi connectivity index (χ4n) is 1.81. The minimum absolute atomic E-state index is 0.0161. The number of aromatic nitrogens is 4. The molecule has 3 rings (SSSR count). The van der Waals surface area contributed by atoms with Crippen LogP contribution in [0.3, 0.4) is 0 Å². The summed E-state index contributed by atoms with van der Waals surface area (Å²) < 4.78 is 5.53. The van der Waals surface area contributed by atoms with Gasteiger partial charge < -0.3 is 9.72 Å². The first kappa shape index (κ1) is 12.0. The average Bonchev–Trinajstić information content (AvgIpc) is 2.94. The van der Waals surface area contributed by atoms with Crippen LogP contribution in [0.1, 0.15) is 5.56 Å². The summed E-state index contributed by atoms with van der Waals surface area (Å²) in [5.41, 5.74) is 1.54. The lowest BCUT2D eigenvalue weighted by Gasteiger charge is -2.06. The average molecular weight is 271 g/mol. The van der Waals surface area contributed by atoms with E-state index in [1.165, 1.54) is 18.7 Å². The molecule has 1 aromatic carbocycles. The SMILES string of the molecule is O=[N+]([O-])c1ccccc1COc1ncnc2nc[nH]c12. The molecule has 0 aliphatic rings. The van der Waals surface area contributed by atoms with Crippen molar-refractivity contribution in [2.45, 2.75) is 6.61 Å². The first-order valence-electron chi connectivity index (χ1n) is 5.75. The van der Waals surface area contributed by atoms with Gasteiger partial charge in [0, 0.05) is 6.07 Å². The lowest BCUT2D eigenvalue weighted by molar-refractivity contribution is -0.385. The van der Waals surface area contributed by atoms with Gasteiger partial charge >= 0.3 is 0 Å². The highest BCUT2D eigenvalue weighted by Crippen LogP contribution is 2.22. The highest BCUT2D eigenvalue weighted by molar-refractivity contribution is 5.74. The second kappa shape index (κ2) is 4.92. The first-order valence-corrected chi connectivity index (χ1v) is 5.75. The summed E-state index contributed by atoms with van der Waals surface area (Å²) >= 11 is 0. The Hall–Kier alpha value is -3.03. The summed E-state index contributed by atoms with van der Waals surface area (Å²) in [7, 11) is 0. The van der Waals surface area contributed by atoms with Crippen LogP contribution in [0.25, 0.3) is 11.2 Å². The summed E-state index contributed by atoms with van der Waals surface area (Å²) in [6.45, 7) is 0.0439. The fourth-order valence-corrected chi connectivity index (χ4v) is 1.81. The van der Waals surface area contributed by atoms with Crippen LogP contribution in [-0.2, 0) is 6.61 Å². The fraction of sp³-hybridized carbons (Fsp3) is 0.0833. The van der Waals surface area contributed by atoms with E-state index in [4.69, 9.17) is 4.74 Å². The smallest absolute Gasteiger partial charge is 0.276 e. The molecule has 0 amide bonds. The topological polar surface area (TPSA) is 107 Å². The number of H-pyrrole nitrogens is 1. The third kappa shape index (κ3) is 2.14. The zero-order valence-corrected chi connectivity index (χ0v) is 10.2. The number of nitrogens with one attached hydrogen (secondary N) is 1. The van der Waals surface area contributed by atoms with Gasteiger partial charge in [-0.25, -0.2) is 9.97 Å². The number of nitro benzene ring substituents is 1. The van der Waals surface area contributed by atoms with Crippen molar-refractivity contribution in [3.05, 3.63) is 52.6 Å². The van der Waals surface area contributed by atoms with Gasteiger partial charge in [0.1, 0.15) is 18.5 Å². The maximum atomic E-state index is 10.9. The first-order chi connectivity index (χ1) is 9.75. The zero-order chi connectivity index (χ0) is 13.9. The van der Waals surface area contributed by atoms with E-state index >= 15 is 0 Å². The molecule has 0 aliphatic carbocycles.